The lowest BCUT2D eigenvalue weighted by atomic mass is 10.1. The molecule has 1 aliphatic heterocycles. The Balaban J connectivity index is 1.61. The first-order valence-corrected chi connectivity index (χ1v) is 9.41. The Morgan fingerprint density at radius 2 is 1.73 bits per heavy atom. The normalized spacial score (nSPS) is 15.7. The van der Waals surface area contributed by atoms with Crippen LogP contribution in [0.4, 0.5) is 5.69 Å². The van der Waals surface area contributed by atoms with E-state index in [0.717, 1.165) is 37.5 Å². The summed E-state index contributed by atoms with van der Waals surface area (Å²) in [5.41, 5.74) is 3.49. The minimum Gasteiger partial charge on any atom is -0.480 e. The van der Waals surface area contributed by atoms with Crippen molar-refractivity contribution in [2.45, 2.75) is 33.3 Å². The van der Waals surface area contributed by atoms with Crippen molar-refractivity contribution in [1.82, 2.24) is 4.90 Å². The first-order valence-electron chi connectivity index (χ1n) is 9.41. The third kappa shape index (κ3) is 4.18. The van der Waals surface area contributed by atoms with Crippen molar-refractivity contribution in [3.05, 3.63) is 59.7 Å². The Hall–Kier alpha value is -2.49. The van der Waals surface area contributed by atoms with Crippen LogP contribution in [0.1, 0.15) is 24.5 Å². The Morgan fingerprint density at radius 3 is 2.35 bits per heavy atom. The van der Waals surface area contributed by atoms with Crippen LogP contribution in [0.5, 0.6) is 5.75 Å². The van der Waals surface area contributed by atoms with Gasteiger partial charge in [0.25, 0.3) is 5.91 Å². The zero-order valence-corrected chi connectivity index (χ0v) is 15.9. The summed E-state index contributed by atoms with van der Waals surface area (Å²) in [4.78, 5) is 17.2. The number of piperazine rings is 1. The lowest BCUT2D eigenvalue weighted by Gasteiger charge is -2.37. The molecule has 1 aliphatic rings. The second-order valence-corrected chi connectivity index (χ2v) is 6.93. The van der Waals surface area contributed by atoms with Gasteiger partial charge in [-0.2, -0.15) is 0 Å². The monoisotopic (exact) mass is 352 g/mol. The Labute approximate surface area is 156 Å². The number of anilines is 1. The molecule has 138 valence electrons. The molecule has 2 aromatic rings. The maximum Gasteiger partial charge on any atom is 0.263 e. The number of hydrogen-bond donors (Lipinski definition) is 0. The number of hydrogen-bond acceptors (Lipinski definition) is 3. The summed E-state index contributed by atoms with van der Waals surface area (Å²) >= 11 is 0. The van der Waals surface area contributed by atoms with Gasteiger partial charge in [-0.05, 0) is 44.0 Å². The first-order chi connectivity index (χ1) is 12.6. The maximum atomic E-state index is 12.9. The van der Waals surface area contributed by atoms with E-state index in [0.29, 0.717) is 6.42 Å². The van der Waals surface area contributed by atoms with Gasteiger partial charge in [-0.1, -0.05) is 42.8 Å². The zero-order chi connectivity index (χ0) is 18.5. The summed E-state index contributed by atoms with van der Waals surface area (Å²) in [6.45, 7) is 9.28. The van der Waals surface area contributed by atoms with Gasteiger partial charge in [0.2, 0.25) is 0 Å². The summed E-state index contributed by atoms with van der Waals surface area (Å²) < 4.78 is 6.07. The highest BCUT2D eigenvalue weighted by molar-refractivity contribution is 5.81. The van der Waals surface area contributed by atoms with Crippen molar-refractivity contribution < 1.29 is 9.53 Å². The predicted molar refractivity (Wildman–Crippen MR) is 106 cm³/mol. The van der Waals surface area contributed by atoms with Crippen molar-refractivity contribution in [2.75, 3.05) is 31.1 Å². The van der Waals surface area contributed by atoms with E-state index in [1.54, 1.807) is 0 Å². The third-order valence-corrected chi connectivity index (χ3v) is 4.96. The Morgan fingerprint density at radius 1 is 1.04 bits per heavy atom. The van der Waals surface area contributed by atoms with E-state index in [4.69, 9.17) is 4.74 Å². The minimum atomic E-state index is -0.417. The van der Waals surface area contributed by atoms with Crippen LogP contribution in [0, 0.1) is 13.8 Å². The zero-order valence-electron chi connectivity index (χ0n) is 15.9. The van der Waals surface area contributed by atoms with Crippen LogP contribution in [0.15, 0.2) is 48.5 Å². The fourth-order valence-electron chi connectivity index (χ4n) is 3.42. The number of nitrogens with zero attached hydrogens (tertiary/aromatic N) is 2. The topological polar surface area (TPSA) is 32.8 Å². The van der Waals surface area contributed by atoms with E-state index in [9.17, 15) is 4.79 Å². The SMILES string of the molecule is CC[C@@H](Oc1ccc(C)cc1C)C(=O)N1CCN(c2ccccc2)CC1. The van der Waals surface area contributed by atoms with Gasteiger partial charge in [0.05, 0.1) is 0 Å². The molecular weight excluding hydrogens is 324 g/mol. The molecule has 1 atom stereocenters. The van der Waals surface area contributed by atoms with Gasteiger partial charge >= 0.3 is 0 Å². The number of aryl methyl sites for hydroxylation is 2. The molecule has 1 amide bonds. The van der Waals surface area contributed by atoms with Gasteiger partial charge in [-0.15, -0.1) is 0 Å². The van der Waals surface area contributed by atoms with E-state index in [1.165, 1.54) is 11.3 Å². The molecule has 0 N–H and O–H groups in total. The predicted octanol–water partition coefficient (Wildman–Crippen LogP) is 3.81. The Kier molecular flexibility index (Phi) is 5.82. The van der Waals surface area contributed by atoms with Gasteiger partial charge in [0.1, 0.15) is 5.75 Å². The first kappa shape index (κ1) is 18.3. The van der Waals surface area contributed by atoms with E-state index in [1.807, 2.05) is 36.9 Å². The highest BCUT2D eigenvalue weighted by Crippen LogP contribution is 2.22. The molecule has 0 aromatic heterocycles. The number of carbonyl (C=O) groups is 1. The van der Waals surface area contributed by atoms with E-state index in [-0.39, 0.29) is 5.91 Å². The molecule has 1 heterocycles. The van der Waals surface area contributed by atoms with Gasteiger partial charge in [-0.25, -0.2) is 0 Å². The minimum absolute atomic E-state index is 0.0974. The average Bonchev–Trinajstić information content (AvgIpc) is 2.68. The van der Waals surface area contributed by atoms with Gasteiger partial charge in [-0.3, -0.25) is 4.79 Å². The van der Waals surface area contributed by atoms with Crippen LogP contribution in [-0.4, -0.2) is 43.1 Å². The van der Waals surface area contributed by atoms with E-state index < -0.39 is 6.10 Å². The number of ether oxygens (including phenoxy) is 1. The van der Waals surface area contributed by atoms with Gasteiger partial charge in [0.15, 0.2) is 6.10 Å². The van der Waals surface area contributed by atoms with Gasteiger partial charge < -0.3 is 14.5 Å². The maximum absolute atomic E-state index is 12.9. The molecule has 1 fully saturated rings. The number of rotatable bonds is 5. The fourth-order valence-corrected chi connectivity index (χ4v) is 3.42. The second kappa shape index (κ2) is 8.26. The summed E-state index contributed by atoms with van der Waals surface area (Å²) in [6, 6.07) is 16.5. The fraction of sp³-hybridized carbons (Fsp3) is 0.409. The van der Waals surface area contributed by atoms with Crippen molar-refractivity contribution in [1.29, 1.82) is 0 Å². The molecule has 1 saturated heterocycles. The third-order valence-electron chi connectivity index (χ3n) is 4.96. The molecule has 0 spiro atoms. The number of benzene rings is 2. The molecule has 0 aliphatic carbocycles. The number of carbonyl (C=O) groups excluding carboxylic acids is 1. The van der Waals surface area contributed by atoms with Crippen LogP contribution >= 0.6 is 0 Å². The summed E-state index contributed by atoms with van der Waals surface area (Å²) in [5, 5.41) is 0. The standard InChI is InChI=1S/C22H28N2O2/c1-4-20(26-21-11-10-17(2)16-18(21)3)22(25)24-14-12-23(13-15-24)19-8-6-5-7-9-19/h5-11,16,20H,4,12-15H2,1-3H3/t20-/m1/s1. The molecule has 4 heteroatoms. The number of amides is 1. The largest absolute Gasteiger partial charge is 0.480 e. The van der Waals surface area contributed by atoms with Gasteiger partial charge in [0, 0.05) is 31.9 Å². The van der Waals surface area contributed by atoms with Crippen LogP contribution in [0.2, 0.25) is 0 Å². The smallest absolute Gasteiger partial charge is 0.263 e. The molecule has 0 radical (unpaired) electrons. The molecule has 4 nitrogen and oxygen atoms in total. The average molecular weight is 352 g/mol. The van der Waals surface area contributed by atoms with Crippen molar-refractivity contribution in [2.24, 2.45) is 0 Å². The van der Waals surface area contributed by atoms with E-state index in [2.05, 4.69) is 42.2 Å². The van der Waals surface area contributed by atoms with Crippen molar-refractivity contribution >= 4 is 11.6 Å². The molecule has 2 aromatic carbocycles. The van der Waals surface area contributed by atoms with Crippen LogP contribution in [0.3, 0.4) is 0 Å². The molecule has 0 unspecified atom stereocenters. The molecule has 3 rings (SSSR count). The summed E-state index contributed by atoms with van der Waals surface area (Å²) in [6.07, 6.45) is 0.255. The van der Waals surface area contributed by atoms with Crippen LogP contribution in [-0.2, 0) is 4.79 Å². The summed E-state index contributed by atoms with van der Waals surface area (Å²) in [5.74, 6) is 0.902. The van der Waals surface area contributed by atoms with E-state index >= 15 is 0 Å². The quantitative estimate of drug-likeness (QED) is 0.820. The molecule has 26 heavy (non-hydrogen) atoms. The van der Waals surface area contributed by atoms with Crippen LogP contribution < -0.4 is 9.64 Å². The number of para-hydroxylation sites is 1. The van der Waals surface area contributed by atoms with Crippen molar-refractivity contribution in [3.63, 3.8) is 0 Å². The van der Waals surface area contributed by atoms with Crippen LogP contribution in [0.25, 0.3) is 0 Å². The summed E-state index contributed by atoms with van der Waals surface area (Å²) in [7, 11) is 0. The molecule has 0 bridgehead atoms. The lowest BCUT2D eigenvalue weighted by Crippen LogP contribution is -2.52. The second-order valence-electron chi connectivity index (χ2n) is 6.93. The highest BCUT2D eigenvalue weighted by atomic mass is 16.5. The Bertz CT molecular complexity index is 737. The lowest BCUT2D eigenvalue weighted by molar-refractivity contribution is -0.139. The highest BCUT2D eigenvalue weighted by Gasteiger charge is 2.28. The molecule has 0 saturated carbocycles. The van der Waals surface area contributed by atoms with Crippen molar-refractivity contribution in [3.8, 4) is 5.75 Å². The molecular formula is C22H28N2O2.